The lowest BCUT2D eigenvalue weighted by molar-refractivity contribution is -0.121. The van der Waals surface area contributed by atoms with E-state index in [0.29, 0.717) is 16.9 Å². The lowest BCUT2D eigenvalue weighted by Gasteiger charge is -2.20. The van der Waals surface area contributed by atoms with E-state index in [1.165, 1.54) is 15.8 Å². The first-order valence-electron chi connectivity index (χ1n) is 9.77. The Morgan fingerprint density at radius 1 is 1.28 bits per heavy atom. The largest absolute Gasteiger partial charge is 0.399 e. The molecule has 0 aliphatic rings. The van der Waals surface area contributed by atoms with Crippen LogP contribution in [-0.4, -0.2) is 35.8 Å². The quantitative estimate of drug-likeness (QED) is 0.234. The van der Waals surface area contributed by atoms with Crippen LogP contribution in [0.15, 0.2) is 53.3 Å². The highest BCUT2D eigenvalue weighted by Gasteiger charge is 2.21. The van der Waals surface area contributed by atoms with Gasteiger partial charge >= 0.3 is 0 Å². The number of hydrogen-bond acceptors (Lipinski definition) is 7. The summed E-state index contributed by atoms with van der Waals surface area (Å²) >= 11 is 6.46. The van der Waals surface area contributed by atoms with Crippen LogP contribution in [0.4, 0.5) is 11.5 Å². The number of hydrogen-bond donors (Lipinski definition) is 4. The van der Waals surface area contributed by atoms with E-state index in [2.05, 4.69) is 15.7 Å². The van der Waals surface area contributed by atoms with Gasteiger partial charge in [0.25, 0.3) is 5.56 Å². The van der Waals surface area contributed by atoms with E-state index < -0.39 is 5.56 Å². The summed E-state index contributed by atoms with van der Waals surface area (Å²) in [6, 6.07) is 14.1. The molecule has 0 bridgehead atoms. The maximum absolute atomic E-state index is 13.2. The van der Waals surface area contributed by atoms with Crippen molar-refractivity contribution in [2.75, 3.05) is 24.8 Å². The maximum atomic E-state index is 13.2. The van der Waals surface area contributed by atoms with Crippen molar-refractivity contribution in [3.63, 3.8) is 0 Å². The van der Waals surface area contributed by atoms with Crippen molar-refractivity contribution >= 4 is 35.2 Å². The molecule has 0 spiro atoms. The second-order valence-electron chi connectivity index (χ2n) is 7.04. The van der Waals surface area contributed by atoms with Crippen LogP contribution < -0.4 is 27.0 Å². The molecule has 0 saturated heterocycles. The molecular weight excluding hydrogens is 430 g/mol. The first kappa shape index (κ1) is 23.0. The number of carbonyl (C=O) groups excluding carboxylic acids is 1. The van der Waals surface area contributed by atoms with Crippen LogP contribution in [0.2, 0.25) is 5.15 Å². The average Bonchev–Trinajstić information content (AvgIpc) is 2.79. The van der Waals surface area contributed by atoms with Gasteiger partial charge in [-0.15, -0.1) is 0 Å². The normalized spacial score (nSPS) is 10.6. The number of carbonyl (C=O) groups is 1. The predicted octanol–water partition coefficient (Wildman–Crippen LogP) is 2.03. The Kier molecular flexibility index (Phi) is 7.24. The van der Waals surface area contributed by atoms with Crippen LogP contribution in [0, 0.1) is 5.41 Å². The number of halogens is 1. The van der Waals surface area contributed by atoms with E-state index in [9.17, 15) is 9.59 Å². The van der Waals surface area contributed by atoms with Crippen molar-refractivity contribution in [1.29, 1.82) is 5.41 Å². The summed E-state index contributed by atoms with van der Waals surface area (Å²) in [6.07, 6.45) is 1.25. The molecule has 32 heavy (non-hydrogen) atoms. The summed E-state index contributed by atoms with van der Waals surface area (Å²) in [4.78, 5) is 30.2. The summed E-state index contributed by atoms with van der Waals surface area (Å²) in [7, 11) is 3.27. The van der Waals surface area contributed by atoms with Gasteiger partial charge in [-0.2, -0.15) is 0 Å². The van der Waals surface area contributed by atoms with Gasteiger partial charge in [-0.25, -0.2) is 10.4 Å². The zero-order chi connectivity index (χ0) is 23.3. The molecule has 1 amide bonds. The number of benzene rings is 2. The first-order chi connectivity index (χ1) is 15.3. The lowest BCUT2D eigenvalue weighted by atomic mass is 10.1. The van der Waals surface area contributed by atoms with Crippen molar-refractivity contribution < 1.29 is 4.79 Å². The molecule has 0 saturated carbocycles. The Labute approximate surface area is 190 Å². The Bertz CT molecular complexity index is 1190. The minimum atomic E-state index is -0.478. The molecule has 2 aromatic carbocycles. The van der Waals surface area contributed by atoms with Gasteiger partial charge in [-0.1, -0.05) is 48.0 Å². The minimum Gasteiger partial charge on any atom is -0.399 e. The molecule has 0 aliphatic heterocycles. The zero-order valence-corrected chi connectivity index (χ0v) is 18.5. The highest BCUT2D eigenvalue weighted by Crippen LogP contribution is 2.28. The molecule has 9 nitrogen and oxygen atoms in total. The molecule has 0 radical (unpaired) electrons. The molecule has 1 aromatic heterocycles. The third kappa shape index (κ3) is 5.13. The summed E-state index contributed by atoms with van der Waals surface area (Å²) in [6.45, 7) is 0.0237. The number of aromatic nitrogens is 2. The third-order valence-electron chi connectivity index (χ3n) is 4.86. The first-order valence-corrected chi connectivity index (χ1v) is 10.1. The number of nitrogens with two attached hydrogens (primary N) is 1. The van der Waals surface area contributed by atoms with Crippen LogP contribution >= 0.6 is 11.6 Å². The number of nitrogen functional groups attached to an aromatic ring is 1. The Morgan fingerprint density at radius 3 is 2.62 bits per heavy atom. The fourth-order valence-corrected chi connectivity index (χ4v) is 3.39. The van der Waals surface area contributed by atoms with Crippen LogP contribution in [0.3, 0.4) is 0 Å². The monoisotopic (exact) mass is 453 g/mol. The molecule has 166 valence electrons. The lowest BCUT2D eigenvalue weighted by Crippen LogP contribution is -2.40. The van der Waals surface area contributed by atoms with Crippen molar-refractivity contribution in [1.82, 2.24) is 20.3 Å². The van der Waals surface area contributed by atoms with E-state index in [4.69, 9.17) is 22.7 Å². The van der Waals surface area contributed by atoms with Gasteiger partial charge in [-0.3, -0.25) is 19.2 Å². The molecule has 3 aromatic rings. The van der Waals surface area contributed by atoms with E-state index >= 15 is 0 Å². The van der Waals surface area contributed by atoms with Gasteiger partial charge in [0.2, 0.25) is 11.7 Å². The number of amides is 1. The summed E-state index contributed by atoms with van der Waals surface area (Å²) in [5, 5.41) is 11.6. The smallest absolute Gasteiger partial charge is 0.295 e. The van der Waals surface area contributed by atoms with Crippen LogP contribution in [0.1, 0.15) is 11.1 Å². The van der Waals surface area contributed by atoms with Crippen LogP contribution in [-0.2, 0) is 17.9 Å². The molecule has 5 N–H and O–H groups in total. The third-order valence-corrected chi connectivity index (χ3v) is 5.12. The Balaban J connectivity index is 1.94. The molecule has 10 heteroatoms. The maximum Gasteiger partial charge on any atom is 0.295 e. The molecule has 3 rings (SSSR count). The highest BCUT2D eigenvalue weighted by atomic mass is 35.5. The predicted molar refractivity (Wildman–Crippen MR) is 127 cm³/mol. The van der Waals surface area contributed by atoms with Crippen molar-refractivity contribution in [2.24, 2.45) is 0 Å². The van der Waals surface area contributed by atoms with Crippen LogP contribution in [0.5, 0.6) is 0 Å². The van der Waals surface area contributed by atoms with E-state index in [1.54, 1.807) is 50.5 Å². The Morgan fingerprint density at radius 2 is 2.00 bits per heavy atom. The summed E-state index contributed by atoms with van der Waals surface area (Å²) < 4.78 is 1.29. The molecule has 0 aliphatic carbocycles. The zero-order valence-electron chi connectivity index (χ0n) is 17.7. The molecule has 0 fully saturated rings. The van der Waals surface area contributed by atoms with Gasteiger partial charge in [0.15, 0.2) is 5.15 Å². The van der Waals surface area contributed by atoms with E-state index in [1.807, 2.05) is 12.1 Å². The minimum absolute atomic E-state index is 0.0557. The highest BCUT2D eigenvalue weighted by molar-refractivity contribution is 6.32. The number of rotatable bonds is 8. The van der Waals surface area contributed by atoms with Crippen LogP contribution in [0.25, 0.3) is 11.3 Å². The van der Waals surface area contributed by atoms with Gasteiger partial charge in [0.05, 0.1) is 5.69 Å². The van der Waals surface area contributed by atoms with Crippen molar-refractivity contribution in [3.05, 3.63) is 75.2 Å². The second-order valence-corrected chi connectivity index (χ2v) is 7.39. The SMILES string of the molecule is CNN(C)c1nc(Cl)c(-c2cccc(N)c2)n(CC(=O)NCc2ccc(C=N)cc2)c1=O. The van der Waals surface area contributed by atoms with Gasteiger partial charge in [0, 0.05) is 38.1 Å². The fourth-order valence-electron chi connectivity index (χ4n) is 3.10. The van der Waals surface area contributed by atoms with Gasteiger partial charge in [-0.05, 0) is 23.3 Å². The molecule has 0 unspecified atom stereocenters. The van der Waals surface area contributed by atoms with Gasteiger partial charge < -0.3 is 16.5 Å². The molecular formula is C22H24ClN7O2. The number of nitrogens with one attached hydrogen (secondary N) is 3. The number of nitrogens with zero attached hydrogens (tertiary/aromatic N) is 3. The molecule has 1 heterocycles. The Hall–Kier alpha value is -3.69. The summed E-state index contributed by atoms with van der Waals surface area (Å²) in [5.41, 5.74) is 11.3. The van der Waals surface area contributed by atoms with E-state index in [-0.39, 0.29) is 30.0 Å². The number of hydrazine groups is 1. The number of anilines is 2. The summed E-state index contributed by atoms with van der Waals surface area (Å²) in [5.74, 6) is -0.311. The fraction of sp³-hybridized carbons (Fsp3) is 0.182. The topological polar surface area (TPSA) is 129 Å². The van der Waals surface area contributed by atoms with Gasteiger partial charge in [0.1, 0.15) is 6.54 Å². The molecule has 0 atom stereocenters. The van der Waals surface area contributed by atoms with E-state index in [0.717, 1.165) is 11.1 Å². The van der Waals surface area contributed by atoms with Crippen molar-refractivity contribution in [3.8, 4) is 11.3 Å². The van der Waals surface area contributed by atoms with Crippen molar-refractivity contribution in [2.45, 2.75) is 13.1 Å². The second kappa shape index (κ2) is 10.1. The standard InChI is InChI=1S/C22H24ClN7O2/c1-26-29(2)21-22(32)30(19(20(23)28-21)16-4-3-5-17(25)10-16)13-18(31)27-12-15-8-6-14(11-24)7-9-15/h3-11,24,26H,12-13,25H2,1-2H3,(H,27,31). The average molecular weight is 454 g/mol.